The summed E-state index contributed by atoms with van der Waals surface area (Å²) in [6.07, 6.45) is 2.45. The molecule has 1 atom stereocenters. The summed E-state index contributed by atoms with van der Waals surface area (Å²) in [5.41, 5.74) is 2.03. The van der Waals surface area contributed by atoms with E-state index < -0.39 is 4.92 Å². The Morgan fingerprint density at radius 3 is 3.00 bits per heavy atom. The number of hydrogen-bond donors (Lipinski definition) is 1. The second-order valence-corrected chi connectivity index (χ2v) is 6.87. The lowest BCUT2D eigenvalue weighted by atomic mass is 10.1. The number of benzene rings is 2. The molecular formula is C20H20N4O5. The first-order chi connectivity index (χ1) is 13.9. The van der Waals surface area contributed by atoms with Crippen molar-refractivity contribution in [2.75, 3.05) is 11.9 Å². The maximum absolute atomic E-state index is 12.7. The fraction of sp³-hybridized carbons (Fsp3) is 0.300. The molecule has 4 rings (SSSR count). The first kappa shape index (κ1) is 18.7. The summed E-state index contributed by atoms with van der Waals surface area (Å²) in [5, 5.41) is 18.8. The lowest BCUT2D eigenvalue weighted by Crippen LogP contribution is -2.20. The van der Waals surface area contributed by atoms with Crippen molar-refractivity contribution in [3.05, 3.63) is 52.2 Å². The van der Waals surface area contributed by atoms with E-state index in [0.29, 0.717) is 23.6 Å². The number of ether oxygens (including phenoxy) is 2. The molecule has 1 aliphatic heterocycles. The molecule has 0 radical (unpaired) electrons. The summed E-state index contributed by atoms with van der Waals surface area (Å²) in [7, 11) is 0. The van der Waals surface area contributed by atoms with Crippen molar-refractivity contribution in [1.82, 2.24) is 9.78 Å². The minimum atomic E-state index is -0.475. The van der Waals surface area contributed by atoms with Crippen molar-refractivity contribution in [3.8, 4) is 11.5 Å². The molecule has 1 aromatic heterocycles. The fourth-order valence-corrected chi connectivity index (χ4v) is 3.44. The van der Waals surface area contributed by atoms with E-state index in [2.05, 4.69) is 10.4 Å². The van der Waals surface area contributed by atoms with Gasteiger partial charge in [0, 0.05) is 35.6 Å². The molecule has 2 aromatic carbocycles. The Labute approximate surface area is 166 Å². The van der Waals surface area contributed by atoms with Crippen LogP contribution in [0.15, 0.2) is 36.5 Å². The van der Waals surface area contributed by atoms with Gasteiger partial charge in [-0.2, -0.15) is 5.10 Å². The van der Waals surface area contributed by atoms with Crippen molar-refractivity contribution in [3.63, 3.8) is 0 Å². The van der Waals surface area contributed by atoms with Crippen LogP contribution in [0.1, 0.15) is 19.4 Å². The van der Waals surface area contributed by atoms with Crippen molar-refractivity contribution in [2.45, 2.75) is 32.9 Å². The molecule has 2 heterocycles. The number of fused-ring (bicyclic) bond motifs is 2. The number of aromatic nitrogens is 2. The van der Waals surface area contributed by atoms with E-state index in [-0.39, 0.29) is 24.2 Å². The molecular weight excluding hydrogens is 376 g/mol. The van der Waals surface area contributed by atoms with Crippen LogP contribution in [0, 0.1) is 10.1 Å². The molecule has 0 bridgehead atoms. The van der Waals surface area contributed by atoms with Gasteiger partial charge < -0.3 is 14.8 Å². The number of rotatable bonds is 6. The highest BCUT2D eigenvalue weighted by molar-refractivity contribution is 5.93. The molecule has 3 aromatic rings. The topological polar surface area (TPSA) is 109 Å². The average molecular weight is 396 g/mol. The maximum Gasteiger partial charge on any atom is 0.271 e. The minimum Gasteiger partial charge on any atom is -0.492 e. The van der Waals surface area contributed by atoms with Gasteiger partial charge in [0.1, 0.15) is 24.1 Å². The zero-order valence-corrected chi connectivity index (χ0v) is 16.0. The second kappa shape index (κ2) is 7.42. The molecule has 1 amide bonds. The number of nitro benzene ring substituents is 1. The molecule has 1 unspecified atom stereocenters. The fourth-order valence-electron chi connectivity index (χ4n) is 3.44. The highest BCUT2D eigenvalue weighted by Crippen LogP contribution is 2.38. The minimum absolute atomic E-state index is 0.0526. The number of nitrogens with one attached hydrogen (secondary N) is 1. The summed E-state index contributed by atoms with van der Waals surface area (Å²) in [4.78, 5) is 23.2. The molecule has 1 aliphatic rings. The van der Waals surface area contributed by atoms with E-state index in [1.54, 1.807) is 18.3 Å². The van der Waals surface area contributed by atoms with E-state index >= 15 is 0 Å². The number of hydrogen-bond acceptors (Lipinski definition) is 6. The van der Waals surface area contributed by atoms with E-state index in [9.17, 15) is 14.9 Å². The monoisotopic (exact) mass is 396 g/mol. The normalized spacial score (nSPS) is 15.0. The van der Waals surface area contributed by atoms with Gasteiger partial charge in [-0.1, -0.05) is 0 Å². The molecule has 0 spiro atoms. The van der Waals surface area contributed by atoms with Crippen molar-refractivity contribution < 1.29 is 19.2 Å². The Morgan fingerprint density at radius 2 is 2.24 bits per heavy atom. The highest BCUT2D eigenvalue weighted by Gasteiger charge is 2.23. The lowest BCUT2D eigenvalue weighted by Gasteiger charge is -2.14. The number of nitro groups is 1. The molecule has 0 saturated heterocycles. The zero-order valence-electron chi connectivity index (χ0n) is 16.0. The van der Waals surface area contributed by atoms with Crippen LogP contribution >= 0.6 is 0 Å². The van der Waals surface area contributed by atoms with E-state index in [0.717, 1.165) is 23.1 Å². The van der Waals surface area contributed by atoms with Gasteiger partial charge in [0.25, 0.3) is 5.69 Å². The number of non-ortho nitro benzene ring substituents is 1. The van der Waals surface area contributed by atoms with Crippen molar-refractivity contribution >= 4 is 28.2 Å². The van der Waals surface area contributed by atoms with Gasteiger partial charge in [-0.25, -0.2) is 0 Å². The maximum atomic E-state index is 12.7. The zero-order chi connectivity index (χ0) is 20.5. The quantitative estimate of drug-likeness (QED) is 0.506. The predicted octanol–water partition coefficient (Wildman–Crippen LogP) is 3.31. The highest BCUT2D eigenvalue weighted by atomic mass is 16.6. The molecule has 0 aliphatic carbocycles. The lowest BCUT2D eigenvalue weighted by molar-refractivity contribution is -0.384. The second-order valence-electron chi connectivity index (χ2n) is 6.87. The van der Waals surface area contributed by atoms with Crippen molar-refractivity contribution in [2.24, 2.45) is 0 Å². The molecule has 0 fully saturated rings. The summed E-state index contributed by atoms with van der Waals surface area (Å²) in [6.45, 7) is 4.23. The summed E-state index contributed by atoms with van der Waals surface area (Å²) < 4.78 is 12.9. The van der Waals surface area contributed by atoms with Crippen LogP contribution in [0.5, 0.6) is 11.5 Å². The molecule has 150 valence electrons. The predicted molar refractivity (Wildman–Crippen MR) is 106 cm³/mol. The van der Waals surface area contributed by atoms with E-state index in [1.165, 1.54) is 16.8 Å². The Hall–Kier alpha value is -3.62. The van der Waals surface area contributed by atoms with E-state index in [4.69, 9.17) is 9.47 Å². The standard InChI is InChI=1S/C20H20N4O5/c1-3-28-19-7-14-6-12(2)29-18(14)9-16(19)22-20(25)11-23-17-8-15(24(26)27)5-4-13(17)10-21-23/h4-5,7-10,12H,3,6,11H2,1-2H3,(H,22,25). The van der Waals surface area contributed by atoms with Crippen LogP contribution in [0.2, 0.25) is 0 Å². The van der Waals surface area contributed by atoms with Gasteiger partial charge in [0.05, 0.1) is 28.9 Å². The summed E-state index contributed by atoms with van der Waals surface area (Å²) in [5.74, 6) is 0.989. The Bertz CT molecular complexity index is 1110. The van der Waals surface area contributed by atoms with Crippen LogP contribution in [-0.2, 0) is 17.8 Å². The molecule has 29 heavy (non-hydrogen) atoms. The van der Waals surface area contributed by atoms with Crippen LogP contribution < -0.4 is 14.8 Å². The van der Waals surface area contributed by atoms with Gasteiger partial charge in [0.15, 0.2) is 0 Å². The van der Waals surface area contributed by atoms with Crippen molar-refractivity contribution in [1.29, 1.82) is 0 Å². The summed E-state index contributed by atoms with van der Waals surface area (Å²) in [6, 6.07) is 8.10. The van der Waals surface area contributed by atoms with Crippen LogP contribution in [-0.4, -0.2) is 33.3 Å². The van der Waals surface area contributed by atoms with Gasteiger partial charge in [-0.3, -0.25) is 19.6 Å². The number of anilines is 1. The Morgan fingerprint density at radius 1 is 1.41 bits per heavy atom. The number of carbonyl (C=O) groups excluding carboxylic acids is 1. The Kier molecular flexibility index (Phi) is 4.79. The largest absolute Gasteiger partial charge is 0.492 e. The number of amides is 1. The third-order valence-electron chi connectivity index (χ3n) is 4.70. The van der Waals surface area contributed by atoms with Crippen LogP contribution in [0.25, 0.3) is 10.9 Å². The molecule has 0 saturated carbocycles. The van der Waals surface area contributed by atoms with Gasteiger partial charge >= 0.3 is 0 Å². The SMILES string of the molecule is CCOc1cc2c(cc1NC(=O)Cn1ncc3ccc([N+](=O)[O-])cc31)OC(C)C2. The van der Waals surface area contributed by atoms with Gasteiger partial charge in [0.2, 0.25) is 5.91 Å². The first-order valence-corrected chi connectivity index (χ1v) is 9.30. The molecule has 9 heteroatoms. The average Bonchev–Trinajstić information content (AvgIpc) is 3.23. The smallest absolute Gasteiger partial charge is 0.271 e. The molecule has 9 nitrogen and oxygen atoms in total. The van der Waals surface area contributed by atoms with Crippen LogP contribution in [0.3, 0.4) is 0 Å². The third kappa shape index (κ3) is 3.71. The summed E-state index contributed by atoms with van der Waals surface area (Å²) >= 11 is 0. The third-order valence-corrected chi connectivity index (χ3v) is 4.70. The Balaban J connectivity index is 1.57. The van der Waals surface area contributed by atoms with E-state index in [1.807, 2.05) is 19.9 Å². The van der Waals surface area contributed by atoms with Crippen LogP contribution in [0.4, 0.5) is 11.4 Å². The first-order valence-electron chi connectivity index (χ1n) is 9.30. The number of nitrogens with zero attached hydrogens (tertiary/aromatic N) is 3. The number of carbonyl (C=O) groups is 1. The van der Waals surface area contributed by atoms with Gasteiger partial charge in [-0.15, -0.1) is 0 Å². The molecule has 1 N–H and O–H groups in total. The van der Waals surface area contributed by atoms with Gasteiger partial charge in [-0.05, 0) is 26.0 Å².